The highest BCUT2D eigenvalue weighted by Crippen LogP contribution is 2.16. The third-order valence-corrected chi connectivity index (χ3v) is 2.96. The molecule has 0 unspecified atom stereocenters. The van der Waals surface area contributed by atoms with Gasteiger partial charge in [0.05, 0.1) is 12.1 Å². The summed E-state index contributed by atoms with van der Waals surface area (Å²) in [5.74, 6) is -1.20. The highest BCUT2D eigenvalue weighted by atomic mass is 16.5. The molecule has 0 aliphatic rings. The van der Waals surface area contributed by atoms with Gasteiger partial charge >= 0.3 is 5.97 Å². The van der Waals surface area contributed by atoms with Crippen molar-refractivity contribution in [1.29, 1.82) is 0 Å². The van der Waals surface area contributed by atoms with Gasteiger partial charge in [-0.15, -0.1) is 10.2 Å². The first-order chi connectivity index (χ1) is 12.0. The lowest BCUT2D eigenvalue weighted by Gasteiger charge is -2.09. The first-order valence-electron chi connectivity index (χ1n) is 7.55. The van der Waals surface area contributed by atoms with Crippen molar-refractivity contribution in [3.63, 3.8) is 0 Å². The van der Waals surface area contributed by atoms with Gasteiger partial charge < -0.3 is 19.8 Å². The first-order valence-corrected chi connectivity index (χ1v) is 7.55. The summed E-state index contributed by atoms with van der Waals surface area (Å²) < 4.78 is 9.94. The van der Waals surface area contributed by atoms with Gasteiger partial charge in [0.25, 0.3) is 5.91 Å². The Morgan fingerprint density at radius 2 is 1.88 bits per heavy atom. The van der Waals surface area contributed by atoms with Crippen LogP contribution in [0.15, 0.2) is 35.1 Å². The number of ether oxygens (including phenoxy) is 1. The summed E-state index contributed by atoms with van der Waals surface area (Å²) in [5.41, 5.74) is 0.927. The third kappa shape index (κ3) is 5.72. The summed E-state index contributed by atoms with van der Waals surface area (Å²) in [6, 6.07) is 6.28. The predicted molar refractivity (Wildman–Crippen MR) is 86.3 cm³/mol. The molecule has 0 saturated carbocycles. The van der Waals surface area contributed by atoms with E-state index in [0.717, 1.165) is 0 Å². The van der Waals surface area contributed by atoms with E-state index < -0.39 is 18.5 Å². The molecule has 132 valence electrons. The zero-order valence-corrected chi connectivity index (χ0v) is 13.8. The lowest BCUT2D eigenvalue weighted by molar-refractivity contribution is -0.128. The summed E-state index contributed by atoms with van der Waals surface area (Å²) in [6.07, 6.45) is 1.21. The molecule has 0 radical (unpaired) electrons. The third-order valence-electron chi connectivity index (χ3n) is 2.96. The van der Waals surface area contributed by atoms with Crippen LogP contribution >= 0.6 is 0 Å². The van der Waals surface area contributed by atoms with Crippen molar-refractivity contribution in [1.82, 2.24) is 20.8 Å². The first kappa shape index (κ1) is 18.1. The van der Waals surface area contributed by atoms with Crippen LogP contribution in [-0.2, 0) is 14.3 Å². The number of carbonyl (C=O) groups is 3. The highest BCUT2D eigenvalue weighted by Gasteiger charge is 2.12. The Morgan fingerprint density at radius 3 is 2.48 bits per heavy atom. The zero-order valence-electron chi connectivity index (χ0n) is 13.8. The van der Waals surface area contributed by atoms with Crippen molar-refractivity contribution < 1.29 is 23.5 Å². The topological polar surface area (TPSA) is 123 Å². The van der Waals surface area contributed by atoms with Crippen molar-refractivity contribution in [2.45, 2.75) is 19.9 Å². The zero-order chi connectivity index (χ0) is 18.2. The number of amides is 2. The molecule has 0 bridgehead atoms. The van der Waals surface area contributed by atoms with Gasteiger partial charge in [-0.1, -0.05) is 0 Å². The van der Waals surface area contributed by atoms with Crippen LogP contribution in [0.1, 0.15) is 24.2 Å². The Kier molecular flexibility index (Phi) is 6.21. The van der Waals surface area contributed by atoms with Crippen LogP contribution in [0, 0.1) is 0 Å². The summed E-state index contributed by atoms with van der Waals surface area (Å²) >= 11 is 0. The molecule has 2 amide bonds. The molecule has 0 atom stereocenters. The van der Waals surface area contributed by atoms with Gasteiger partial charge in [0, 0.05) is 11.6 Å². The van der Waals surface area contributed by atoms with Gasteiger partial charge in [-0.2, -0.15) is 0 Å². The highest BCUT2D eigenvalue weighted by molar-refractivity contribution is 5.92. The van der Waals surface area contributed by atoms with E-state index in [0.29, 0.717) is 11.5 Å². The van der Waals surface area contributed by atoms with Crippen LogP contribution in [-0.4, -0.2) is 47.2 Å². The van der Waals surface area contributed by atoms with Crippen molar-refractivity contribution in [2.75, 3.05) is 13.2 Å². The van der Waals surface area contributed by atoms with E-state index in [9.17, 15) is 14.4 Å². The van der Waals surface area contributed by atoms with E-state index >= 15 is 0 Å². The quantitative estimate of drug-likeness (QED) is 0.701. The maximum absolute atomic E-state index is 11.9. The fourth-order valence-electron chi connectivity index (χ4n) is 1.87. The maximum atomic E-state index is 11.9. The number of aromatic nitrogens is 2. The number of carbonyl (C=O) groups excluding carboxylic acids is 3. The summed E-state index contributed by atoms with van der Waals surface area (Å²) in [7, 11) is 0. The molecule has 1 aromatic carbocycles. The number of nitrogens with zero attached hydrogens (tertiary/aromatic N) is 2. The van der Waals surface area contributed by atoms with E-state index in [2.05, 4.69) is 20.8 Å². The van der Waals surface area contributed by atoms with E-state index in [4.69, 9.17) is 9.15 Å². The Balaban J connectivity index is 1.78. The summed E-state index contributed by atoms with van der Waals surface area (Å²) in [6.45, 7) is 2.98. The number of nitrogens with one attached hydrogen (secondary N) is 2. The molecule has 0 saturated heterocycles. The maximum Gasteiger partial charge on any atom is 0.338 e. The van der Waals surface area contributed by atoms with Gasteiger partial charge in [-0.05, 0) is 38.1 Å². The predicted octanol–water partition coefficient (Wildman–Crippen LogP) is 0.534. The van der Waals surface area contributed by atoms with Crippen molar-refractivity contribution in [2.24, 2.45) is 0 Å². The second-order valence-electron chi connectivity index (χ2n) is 5.40. The van der Waals surface area contributed by atoms with E-state index in [1.807, 2.05) is 13.8 Å². The van der Waals surface area contributed by atoms with Crippen LogP contribution in [0.4, 0.5) is 0 Å². The van der Waals surface area contributed by atoms with Crippen LogP contribution in [0.2, 0.25) is 0 Å². The minimum atomic E-state index is -0.654. The van der Waals surface area contributed by atoms with Gasteiger partial charge in [0.1, 0.15) is 0 Å². The lowest BCUT2D eigenvalue weighted by Crippen LogP contribution is -2.41. The van der Waals surface area contributed by atoms with Crippen molar-refractivity contribution >= 4 is 17.8 Å². The molecule has 2 rings (SSSR count). The van der Waals surface area contributed by atoms with E-state index in [1.54, 1.807) is 12.1 Å². The number of rotatable bonds is 7. The summed E-state index contributed by atoms with van der Waals surface area (Å²) in [4.78, 5) is 34.9. The van der Waals surface area contributed by atoms with Gasteiger partial charge in [0.15, 0.2) is 6.61 Å². The molecule has 9 heteroatoms. The number of hydrogen-bond donors (Lipinski definition) is 2. The van der Waals surface area contributed by atoms with Crippen molar-refractivity contribution in [3.8, 4) is 11.5 Å². The monoisotopic (exact) mass is 346 g/mol. The molecular formula is C16H18N4O5. The molecule has 2 aromatic rings. The largest absolute Gasteiger partial charge is 0.452 e. The minimum absolute atomic E-state index is 0.0163. The molecule has 1 aromatic heterocycles. The molecule has 0 aliphatic heterocycles. The van der Waals surface area contributed by atoms with Crippen LogP contribution in [0.25, 0.3) is 11.5 Å². The molecule has 1 heterocycles. The number of esters is 1. The smallest absolute Gasteiger partial charge is 0.338 e. The second kappa shape index (κ2) is 8.57. The standard InChI is InChI=1S/C16H18N4O5/c1-10(2)19-13(21)7-17-14(22)8-24-16(23)12-5-3-11(4-6-12)15-20-18-9-25-15/h3-6,9-10H,7-8H2,1-2H3,(H,17,22)(H,19,21). The molecular weight excluding hydrogens is 328 g/mol. The van der Waals surface area contributed by atoms with Crippen LogP contribution in [0.5, 0.6) is 0 Å². The molecule has 0 aliphatic carbocycles. The van der Waals surface area contributed by atoms with Crippen molar-refractivity contribution in [3.05, 3.63) is 36.2 Å². The minimum Gasteiger partial charge on any atom is -0.452 e. The molecule has 2 N–H and O–H groups in total. The molecule has 0 spiro atoms. The van der Waals surface area contributed by atoms with Gasteiger partial charge in [-0.25, -0.2) is 4.79 Å². The van der Waals surface area contributed by atoms with Crippen LogP contribution in [0.3, 0.4) is 0 Å². The average molecular weight is 346 g/mol. The van der Waals surface area contributed by atoms with E-state index in [1.165, 1.54) is 18.5 Å². The Hall–Kier alpha value is -3.23. The molecule has 9 nitrogen and oxygen atoms in total. The summed E-state index contributed by atoms with van der Waals surface area (Å²) in [5, 5.41) is 12.3. The Labute approximate surface area is 143 Å². The molecule has 25 heavy (non-hydrogen) atoms. The normalized spacial score (nSPS) is 10.4. The Bertz CT molecular complexity index is 725. The fourth-order valence-corrected chi connectivity index (χ4v) is 1.87. The average Bonchev–Trinajstić information content (AvgIpc) is 3.12. The number of hydrogen-bond acceptors (Lipinski definition) is 7. The SMILES string of the molecule is CC(C)NC(=O)CNC(=O)COC(=O)c1ccc(-c2nnco2)cc1. The molecule has 0 fully saturated rings. The second-order valence-corrected chi connectivity index (χ2v) is 5.40. The lowest BCUT2D eigenvalue weighted by atomic mass is 10.1. The van der Waals surface area contributed by atoms with E-state index in [-0.39, 0.29) is 24.1 Å². The van der Waals surface area contributed by atoms with Gasteiger partial charge in [0.2, 0.25) is 18.2 Å². The Morgan fingerprint density at radius 1 is 1.16 bits per heavy atom. The van der Waals surface area contributed by atoms with Gasteiger partial charge in [-0.3, -0.25) is 9.59 Å². The fraction of sp³-hybridized carbons (Fsp3) is 0.312. The number of benzene rings is 1. The van der Waals surface area contributed by atoms with Crippen LogP contribution < -0.4 is 10.6 Å².